The summed E-state index contributed by atoms with van der Waals surface area (Å²) in [7, 11) is 0. The molecule has 0 bridgehead atoms. The normalized spacial score (nSPS) is 7.50. The summed E-state index contributed by atoms with van der Waals surface area (Å²) >= 11 is 0. The van der Waals surface area contributed by atoms with Crippen molar-refractivity contribution in [2.24, 2.45) is 0 Å². The first kappa shape index (κ1) is 5.43. The van der Waals surface area contributed by atoms with Crippen molar-refractivity contribution in [1.82, 2.24) is 5.48 Å². The molecular weight excluding hydrogens is 85.0 g/mol. The van der Waals surface area contributed by atoms with Crippen molar-refractivity contribution in [3.05, 3.63) is 12.8 Å². The van der Waals surface area contributed by atoms with Crippen molar-refractivity contribution < 1.29 is 9.23 Å². The molecule has 2 nitrogen and oxygen atoms in total. The molecule has 0 aromatic rings. The Morgan fingerprint density at radius 3 is 2.83 bits per heavy atom. The van der Waals surface area contributed by atoms with Crippen molar-refractivity contribution in [3.8, 4) is 0 Å². The molecule has 1 N–H and O–H groups in total. The first-order valence-corrected chi connectivity index (χ1v) is 1.46. The third-order valence-corrected chi connectivity index (χ3v) is 0.221. The summed E-state index contributed by atoms with van der Waals surface area (Å²) in [5, 5.41) is 0. The van der Waals surface area contributed by atoms with E-state index in [1.54, 1.807) is 0 Å². The van der Waals surface area contributed by atoms with Crippen LogP contribution in [-0.2, 0) is 4.84 Å². The summed E-state index contributed by atoms with van der Waals surface area (Å²) in [6.45, 7) is 2.37. The van der Waals surface area contributed by atoms with Gasteiger partial charge in [0.1, 0.15) is 0 Å². The van der Waals surface area contributed by atoms with Gasteiger partial charge in [0, 0.05) is 6.20 Å². The predicted octanol–water partition coefficient (Wildman–Crippen LogP) is 0.578. The Bertz CT molecular complexity index is 39.8. The molecule has 0 saturated carbocycles. The molecule has 0 aliphatic carbocycles. The highest BCUT2D eigenvalue weighted by molar-refractivity contribution is 4.52. The molecule has 0 aliphatic heterocycles. The Balaban J connectivity index is 2.49. The third-order valence-electron chi connectivity index (χ3n) is 0.221. The average Bonchev–Trinajstić information content (AvgIpc) is 1.61. The zero-order valence-electron chi connectivity index (χ0n) is 3.28. The maximum absolute atomic E-state index is 10.8. The average molecular weight is 91.1 g/mol. The van der Waals surface area contributed by atoms with Gasteiger partial charge in [-0.1, -0.05) is 6.58 Å². The maximum Gasteiger partial charge on any atom is 0.214 e. The molecule has 3 heteroatoms. The molecule has 0 aliphatic rings. The highest BCUT2D eigenvalue weighted by Crippen LogP contribution is 1.63. The Hall–Kier alpha value is -0.570. The third kappa shape index (κ3) is 3.43. The predicted molar refractivity (Wildman–Crippen MR) is 20.4 cm³/mol. The molecule has 0 aromatic heterocycles. The molecule has 0 unspecified atom stereocenters. The molecule has 0 heterocycles. The number of hydroxylamine groups is 1. The van der Waals surface area contributed by atoms with Crippen LogP contribution in [0, 0.1) is 0 Å². The van der Waals surface area contributed by atoms with Gasteiger partial charge >= 0.3 is 0 Å². The SMILES string of the molecule is C=CNOCF. The fourth-order valence-corrected chi connectivity index (χ4v) is 0.0904. The van der Waals surface area contributed by atoms with Gasteiger partial charge in [0.25, 0.3) is 0 Å². The number of hydrogen-bond donors (Lipinski definition) is 1. The summed E-state index contributed by atoms with van der Waals surface area (Å²) in [4.78, 5) is 3.95. The molecule has 0 radical (unpaired) electrons. The standard InChI is InChI=1S/C3H6FNO/c1-2-5-6-3-4/h2,5H,1,3H2. The van der Waals surface area contributed by atoms with Crippen molar-refractivity contribution in [1.29, 1.82) is 0 Å². The largest absolute Gasteiger partial charge is 0.272 e. The van der Waals surface area contributed by atoms with Crippen LogP contribution in [0.25, 0.3) is 0 Å². The molecule has 0 atom stereocenters. The number of alkyl halides is 1. The van der Waals surface area contributed by atoms with E-state index in [2.05, 4.69) is 16.9 Å². The number of rotatable bonds is 3. The van der Waals surface area contributed by atoms with Crippen LogP contribution >= 0.6 is 0 Å². The summed E-state index contributed by atoms with van der Waals surface area (Å²) in [6.07, 6.45) is 1.25. The van der Waals surface area contributed by atoms with Crippen molar-refractivity contribution in [3.63, 3.8) is 0 Å². The molecule has 6 heavy (non-hydrogen) atoms. The van der Waals surface area contributed by atoms with Crippen LogP contribution < -0.4 is 5.48 Å². The topological polar surface area (TPSA) is 21.3 Å². The molecule has 0 fully saturated rings. The van der Waals surface area contributed by atoms with Gasteiger partial charge in [0.05, 0.1) is 0 Å². The van der Waals surface area contributed by atoms with Crippen LogP contribution in [0.1, 0.15) is 0 Å². The number of halogens is 1. The number of nitrogens with one attached hydrogen (secondary N) is 1. The summed E-state index contributed by atoms with van der Waals surface area (Å²) in [5.74, 6) is 0. The minimum atomic E-state index is -0.827. The highest BCUT2D eigenvalue weighted by Gasteiger charge is 1.67. The lowest BCUT2D eigenvalue weighted by molar-refractivity contribution is 0.00702. The van der Waals surface area contributed by atoms with E-state index in [4.69, 9.17) is 0 Å². The van der Waals surface area contributed by atoms with E-state index in [0.29, 0.717) is 0 Å². The van der Waals surface area contributed by atoms with E-state index in [1.807, 2.05) is 0 Å². The van der Waals surface area contributed by atoms with Crippen molar-refractivity contribution >= 4 is 0 Å². The highest BCUT2D eigenvalue weighted by atomic mass is 19.1. The van der Waals surface area contributed by atoms with Gasteiger partial charge in [-0.3, -0.25) is 5.48 Å². The van der Waals surface area contributed by atoms with Crippen LogP contribution in [0.5, 0.6) is 0 Å². The van der Waals surface area contributed by atoms with E-state index in [-0.39, 0.29) is 0 Å². The van der Waals surface area contributed by atoms with Crippen LogP contribution in [0.4, 0.5) is 4.39 Å². The van der Waals surface area contributed by atoms with Gasteiger partial charge in [-0.15, -0.1) is 0 Å². The first-order valence-electron chi connectivity index (χ1n) is 1.46. The van der Waals surface area contributed by atoms with E-state index in [9.17, 15) is 4.39 Å². The van der Waals surface area contributed by atoms with E-state index >= 15 is 0 Å². The van der Waals surface area contributed by atoms with E-state index in [1.165, 1.54) is 6.20 Å². The molecular formula is C3H6FNO. The molecule has 0 amide bonds. The Labute approximate surface area is 35.6 Å². The van der Waals surface area contributed by atoms with Gasteiger partial charge in [0.15, 0.2) is 0 Å². The second-order valence-electron chi connectivity index (χ2n) is 0.575. The summed E-state index contributed by atoms with van der Waals surface area (Å²) < 4.78 is 10.8. The van der Waals surface area contributed by atoms with E-state index < -0.39 is 6.86 Å². The number of hydrogen-bond acceptors (Lipinski definition) is 2. The van der Waals surface area contributed by atoms with Gasteiger partial charge in [-0.05, 0) is 0 Å². The summed E-state index contributed by atoms with van der Waals surface area (Å²) in [6, 6.07) is 0. The van der Waals surface area contributed by atoms with Crippen LogP contribution in [0.15, 0.2) is 12.8 Å². The van der Waals surface area contributed by atoms with E-state index in [0.717, 1.165) is 0 Å². The Kier molecular flexibility index (Phi) is 4.01. The van der Waals surface area contributed by atoms with Crippen molar-refractivity contribution in [2.45, 2.75) is 0 Å². The lowest BCUT2D eigenvalue weighted by Crippen LogP contribution is -2.02. The summed E-state index contributed by atoms with van der Waals surface area (Å²) in [5.41, 5.74) is 2.09. The lowest BCUT2D eigenvalue weighted by Gasteiger charge is -1.89. The molecule has 0 saturated heterocycles. The van der Waals surface area contributed by atoms with Crippen molar-refractivity contribution in [2.75, 3.05) is 6.86 Å². The fraction of sp³-hybridized carbons (Fsp3) is 0.333. The van der Waals surface area contributed by atoms with Crippen LogP contribution in [0.3, 0.4) is 0 Å². The second kappa shape index (κ2) is 4.43. The minimum Gasteiger partial charge on any atom is -0.272 e. The zero-order valence-corrected chi connectivity index (χ0v) is 3.28. The van der Waals surface area contributed by atoms with Gasteiger partial charge in [-0.2, -0.15) is 0 Å². The van der Waals surface area contributed by atoms with Crippen LogP contribution in [0.2, 0.25) is 0 Å². The van der Waals surface area contributed by atoms with Gasteiger partial charge in [0.2, 0.25) is 6.86 Å². The second-order valence-corrected chi connectivity index (χ2v) is 0.575. The monoisotopic (exact) mass is 91.0 g/mol. The molecule has 36 valence electrons. The molecule has 0 spiro atoms. The molecule has 0 aromatic carbocycles. The zero-order chi connectivity index (χ0) is 4.83. The Morgan fingerprint density at radius 2 is 2.67 bits per heavy atom. The Morgan fingerprint density at radius 1 is 2.00 bits per heavy atom. The lowest BCUT2D eigenvalue weighted by atomic mass is 11.1. The van der Waals surface area contributed by atoms with Crippen LogP contribution in [-0.4, -0.2) is 6.86 Å². The van der Waals surface area contributed by atoms with Gasteiger partial charge in [-0.25, -0.2) is 9.23 Å². The quantitative estimate of drug-likeness (QED) is 0.405. The van der Waals surface area contributed by atoms with Gasteiger partial charge < -0.3 is 0 Å². The molecule has 0 rings (SSSR count). The first-order chi connectivity index (χ1) is 2.91. The minimum absolute atomic E-state index is 0.827. The fourth-order valence-electron chi connectivity index (χ4n) is 0.0904. The maximum atomic E-state index is 10.8. The smallest absolute Gasteiger partial charge is 0.214 e.